The molecule has 0 saturated carbocycles. The van der Waals surface area contributed by atoms with Gasteiger partial charge in [0.1, 0.15) is 5.82 Å². The maximum Gasteiger partial charge on any atom is 0.227 e. The van der Waals surface area contributed by atoms with E-state index >= 15 is 0 Å². The van der Waals surface area contributed by atoms with Crippen LogP contribution in [0.1, 0.15) is 33.6 Å². The molecule has 0 bridgehead atoms. The molecular weight excluding hydrogens is 313 g/mol. The van der Waals surface area contributed by atoms with Gasteiger partial charge in [-0.15, -0.1) is 0 Å². The second-order valence-corrected chi connectivity index (χ2v) is 8.12. The number of amides is 1. The zero-order chi connectivity index (χ0) is 16.6. The number of benzene rings is 1. The summed E-state index contributed by atoms with van der Waals surface area (Å²) in [6, 6.07) is 4.96. The number of piperidine rings is 1. The van der Waals surface area contributed by atoms with Gasteiger partial charge in [0, 0.05) is 24.5 Å². The fourth-order valence-electron chi connectivity index (χ4n) is 2.84. The normalized spacial score (nSPS) is 16.8. The summed E-state index contributed by atoms with van der Waals surface area (Å²) in [5.74, 6) is -0.0203. The molecule has 1 amide bonds. The monoisotopic (exact) mass is 335 g/mol. The van der Waals surface area contributed by atoms with Crippen molar-refractivity contribution in [2.24, 2.45) is 5.41 Å². The quantitative estimate of drug-likeness (QED) is 0.906. The van der Waals surface area contributed by atoms with Crippen molar-refractivity contribution in [3.63, 3.8) is 0 Å². The van der Waals surface area contributed by atoms with Gasteiger partial charge in [0.05, 0.1) is 10.2 Å². The molecule has 1 aromatic carbocycles. The number of rotatable bonds is 2. The molecule has 1 N–H and O–H groups in total. The number of halogens is 1. The zero-order valence-electron chi connectivity index (χ0n) is 13.7. The predicted molar refractivity (Wildman–Crippen MR) is 92.3 cm³/mol. The molecule has 0 unspecified atom stereocenters. The fourth-order valence-corrected chi connectivity index (χ4v) is 3.80. The van der Waals surface area contributed by atoms with E-state index in [4.69, 9.17) is 0 Å². The van der Waals surface area contributed by atoms with Crippen molar-refractivity contribution in [1.82, 2.24) is 9.88 Å². The number of hydrogen-bond donors (Lipinski definition) is 1. The molecule has 4 nitrogen and oxygen atoms in total. The molecule has 1 fully saturated rings. The second kappa shape index (κ2) is 6.07. The number of hydrogen-bond acceptors (Lipinski definition) is 4. The van der Waals surface area contributed by atoms with Crippen molar-refractivity contribution in [1.29, 1.82) is 0 Å². The van der Waals surface area contributed by atoms with Crippen LogP contribution in [0.15, 0.2) is 18.2 Å². The molecule has 0 spiro atoms. The van der Waals surface area contributed by atoms with Crippen LogP contribution in [-0.2, 0) is 4.79 Å². The number of fused-ring (bicyclic) bond motifs is 1. The van der Waals surface area contributed by atoms with E-state index in [1.54, 1.807) is 6.07 Å². The molecule has 124 valence electrons. The molecule has 0 aliphatic carbocycles. The minimum Gasteiger partial charge on any atom is -0.359 e. The van der Waals surface area contributed by atoms with Crippen molar-refractivity contribution in [3.05, 3.63) is 24.0 Å². The summed E-state index contributed by atoms with van der Waals surface area (Å²) >= 11 is 1.47. The topological polar surface area (TPSA) is 45.2 Å². The molecule has 1 saturated heterocycles. The Bertz CT molecular complexity index is 714. The molecule has 1 aromatic heterocycles. The number of carbonyl (C=O) groups is 1. The Morgan fingerprint density at radius 2 is 2.04 bits per heavy atom. The van der Waals surface area contributed by atoms with Gasteiger partial charge in [-0.1, -0.05) is 32.1 Å². The Morgan fingerprint density at radius 3 is 2.70 bits per heavy atom. The first-order chi connectivity index (χ1) is 10.8. The van der Waals surface area contributed by atoms with Crippen molar-refractivity contribution < 1.29 is 9.18 Å². The molecule has 0 atom stereocenters. The summed E-state index contributed by atoms with van der Waals surface area (Å²) in [5.41, 5.74) is 0.497. The van der Waals surface area contributed by atoms with E-state index in [-0.39, 0.29) is 17.1 Å². The smallest absolute Gasteiger partial charge is 0.227 e. The molecule has 0 radical (unpaired) electrons. The van der Waals surface area contributed by atoms with Gasteiger partial charge in [-0.3, -0.25) is 4.79 Å². The molecule has 2 aromatic rings. The summed E-state index contributed by atoms with van der Waals surface area (Å²) in [5, 5.41) is 4.26. The van der Waals surface area contributed by atoms with E-state index in [9.17, 15) is 9.18 Å². The van der Waals surface area contributed by atoms with E-state index in [2.05, 4.69) is 10.3 Å². The molecule has 6 heteroatoms. The first kappa shape index (κ1) is 16.2. The Morgan fingerprint density at radius 1 is 1.35 bits per heavy atom. The van der Waals surface area contributed by atoms with Crippen LogP contribution in [0.2, 0.25) is 0 Å². The summed E-state index contributed by atoms with van der Waals surface area (Å²) in [6.07, 6.45) is 1.82. The van der Waals surface area contributed by atoms with Crippen LogP contribution in [0, 0.1) is 11.2 Å². The third-order valence-electron chi connectivity index (χ3n) is 4.10. The number of nitrogens with one attached hydrogen (secondary N) is 1. The average molecular weight is 335 g/mol. The molecule has 1 aliphatic rings. The number of likely N-dealkylation sites (tertiary alicyclic amines) is 1. The number of nitrogens with zero attached hydrogens (tertiary/aromatic N) is 2. The lowest BCUT2D eigenvalue weighted by molar-refractivity contribution is -0.140. The van der Waals surface area contributed by atoms with Gasteiger partial charge < -0.3 is 10.2 Å². The highest BCUT2D eigenvalue weighted by Gasteiger charge is 2.30. The van der Waals surface area contributed by atoms with E-state index in [1.807, 2.05) is 25.7 Å². The summed E-state index contributed by atoms with van der Waals surface area (Å²) in [7, 11) is 0. The van der Waals surface area contributed by atoms with E-state index in [0.717, 1.165) is 41.3 Å². The number of thiazole rings is 1. The number of carbonyl (C=O) groups excluding carboxylic acids is 1. The molecule has 23 heavy (non-hydrogen) atoms. The fraction of sp³-hybridized carbons (Fsp3) is 0.529. The summed E-state index contributed by atoms with van der Waals surface area (Å²) < 4.78 is 14.1. The van der Waals surface area contributed by atoms with E-state index in [0.29, 0.717) is 6.04 Å². The van der Waals surface area contributed by atoms with Gasteiger partial charge in [0.25, 0.3) is 0 Å². The number of anilines is 1. The standard InChI is InChI=1S/C17H22FN3OS/c1-17(2,3)15(22)21-8-6-12(7-9-21)19-16-20-13-5-4-11(18)10-14(13)23-16/h4-5,10,12H,6-9H2,1-3H3,(H,19,20). The van der Waals surface area contributed by atoms with E-state index < -0.39 is 0 Å². The maximum atomic E-state index is 13.2. The first-order valence-corrected chi connectivity index (χ1v) is 8.76. The Balaban J connectivity index is 1.61. The highest BCUT2D eigenvalue weighted by Crippen LogP contribution is 2.28. The molecular formula is C17H22FN3OS. The lowest BCUT2D eigenvalue weighted by Crippen LogP contribution is -2.46. The average Bonchev–Trinajstić information content (AvgIpc) is 2.87. The predicted octanol–water partition coefficient (Wildman–Crippen LogP) is 3.88. The van der Waals surface area contributed by atoms with Crippen molar-refractivity contribution in [2.75, 3.05) is 18.4 Å². The highest BCUT2D eigenvalue weighted by atomic mass is 32.1. The molecule has 1 aliphatic heterocycles. The van der Waals surface area contributed by atoms with Gasteiger partial charge in [-0.05, 0) is 31.0 Å². The van der Waals surface area contributed by atoms with Crippen LogP contribution in [0.3, 0.4) is 0 Å². The van der Waals surface area contributed by atoms with Gasteiger partial charge in [-0.2, -0.15) is 0 Å². The number of aromatic nitrogens is 1. The molecule has 3 rings (SSSR count). The summed E-state index contributed by atoms with van der Waals surface area (Å²) in [6.45, 7) is 7.42. The lowest BCUT2D eigenvalue weighted by Gasteiger charge is -2.35. The first-order valence-electron chi connectivity index (χ1n) is 7.95. The zero-order valence-corrected chi connectivity index (χ0v) is 14.5. The van der Waals surface area contributed by atoms with Crippen LogP contribution in [0.25, 0.3) is 10.2 Å². The van der Waals surface area contributed by atoms with Crippen molar-refractivity contribution in [2.45, 2.75) is 39.7 Å². The third-order valence-corrected chi connectivity index (χ3v) is 5.05. The minimum atomic E-state index is -0.322. The van der Waals surface area contributed by atoms with Gasteiger partial charge in [-0.25, -0.2) is 9.37 Å². The van der Waals surface area contributed by atoms with Crippen molar-refractivity contribution >= 4 is 32.6 Å². The Kier molecular flexibility index (Phi) is 4.27. The van der Waals surface area contributed by atoms with Gasteiger partial charge in [0.2, 0.25) is 5.91 Å². The van der Waals surface area contributed by atoms with Crippen LogP contribution < -0.4 is 5.32 Å². The second-order valence-electron chi connectivity index (χ2n) is 7.09. The van der Waals surface area contributed by atoms with Gasteiger partial charge in [0.15, 0.2) is 5.13 Å². The SMILES string of the molecule is CC(C)(C)C(=O)N1CCC(Nc2nc3ccc(F)cc3s2)CC1. The van der Waals surface area contributed by atoms with Gasteiger partial charge >= 0.3 is 0 Å². The molecule has 2 heterocycles. The van der Waals surface area contributed by atoms with Crippen LogP contribution >= 0.6 is 11.3 Å². The van der Waals surface area contributed by atoms with E-state index in [1.165, 1.54) is 23.5 Å². The summed E-state index contributed by atoms with van der Waals surface area (Å²) in [4.78, 5) is 18.7. The van der Waals surface area contributed by atoms with Crippen LogP contribution in [-0.4, -0.2) is 34.9 Å². The largest absolute Gasteiger partial charge is 0.359 e. The van der Waals surface area contributed by atoms with Crippen LogP contribution in [0.4, 0.5) is 9.52 Å². The Labute approximate surface area is 139 Å². The minimum absolute atomic E-state index is 0.214. The third kappa shape index (κ3) is 3.63. The highest BCUT2D eigenvalue weighted by molar-refractivity contribution is 7.22. The maximum absolute atomic E-state index is 13.2. The van der Waals surface area contributed by atoms with Crippen molar-refractivity contribution in [3.8, 4) is 0 Å². The van der Waals surface area contributed by atoms with Crippen LogP contribution in [0.5, 0.6) is 0 Å². The lowest BCUT2D eigenvalue weighted by atomic mass is 9.93. The Hall–Kier alpha value is -1.69.